The summed E-state index contributed by atoms with van der Waals surface area (Å²) in [4.78, 5) is 25.4. The van der Waals surface area contributed by atoms with Gasteiger partial charge in [0.15, 0.2) is 0 Å². The van der Waals surface area contributed by atoms with Gasteiger partial charge in [-0.3, -0.25) is 0 Å². The summed E-state index contributed by atoms with van der Waals surface area (Å²) in [6.45, 7) is 2.00. The van der Waals surface area contributed by atoms with Crippen LogP contribution in [0.4, 0.5) is 0 Å². The first kappa shape index (κ1) is 14.3. The SMILES string of the molecule is CCc1cccc2nc(-c3ncccc3-n3ccnc3)oc(=O)c12. The first-order valence-corrected chi connectivity index (χ1v) is 7.64. The smallest absolute Gasteiger partial charge is 0.347 e. The van der Waals surface area contributed by atoms with Gasteiger partial charge in [-0.2, -0.15) is 0 Å². The Morgan fingerprint density at radius 2 is 2.08 bits per heavy atom. The maximum absolute atomic E-state index is 12.5. The van der Waals surface area contributed by atoms with Crippen molar-refractivity contribution in [2.24, 2.45) is 0 Å². The lowest BCUT2D eigenvalue weighted by Gasteiger charge is -2.08. The summed E-state index contributed by atoms with van der Waals surface area (Å²) >= 11 is 0. The summed E-state index contributed by atoms with van der Waals surface area (Å²) in [6.07, 6.45) is 7.52. The van der Waals surface area contributed by atoms with Crippen molar-refractivity contribution in [3.63, 3.8) is 0 Å². The fourth-order valence-electron chi connectivity index (χ4n) is 2.75. The maximum atomic E-state index is 12.5. The van der Waals surface area contributed by atoms with E-state index in [9.17, 15) is 4.79 Å². The zero-order valence-corrected chi connectivity index (χ0v) is 13.0. The minimum absolute atomic E-state index is 0.199. The van der Waals surface area contributed by atoms with E-state index >= 15 is 0 Å². The van der Waals surface area contributed by atoms with Crippen molar-refractivity contribution in [3.05, 3.63) is 71.2 Å². The largest absolute Gasteiger partial charge is 0.401 e. The molecule has 118 valence electrons. The number of hydrogen-bond donors (Lipinski definition) is 0. The molecule has 0 fully saturated rings. The molecule has 4 aromatic rings. The standard InChI is InChI=1S/C18H14N4O2/c1-2-12-5-3-6-13-15(12)18(23)24-17(21-13)16-14(7-4-8-20-16)22-10-9-19-11-22/h3-11H,2H2,1H3. The molecule has 3 heterocycles. The van der Waals surface area contributed by atoms with E-state index in [-0.39, 0.29) is 5.89 Å². The number of aryl methyl sites for hydroxylation is 1. The topological polar surface area (TPSA) is 73.8 Å². The lowest BCUT2D eigenvalue weighted by atomic mass is 10.1. The molecule has 24 heavy (non-hydrogen) atoms. The van der Waals surface area contributed by atoms with Crippen LogP contribution in [0.1, 0.15) is 12.5 Å². The molecule has 0 aliphatic heterocycles. The molecule has 0 saturated carbocycles. The molecule has 0 aliphatic rings. The lowest BCUT2D eigenvalue weighted by Crippen LogP contribution is -2.07. The van der Waals surface area contributed by atoms with Crippen LogP contribution in [-0.4, -0.2) is 19.5 Å². The Kier molecular flexibility index (Phi) is 3.42. The van der Waals surface area contributed by atoms with Crippen molar-refractivity contribution >= 4 is 10.9 Å². The molecule has 1 aromatic carbocycles. The van der Waals surface area contributed by atoms with Crippen LogP contribution in [-0.2, 0) is 6.42 Å². The number of imidazole rings is 1. The second-order valence-electron chi connectivity index (χ2n) is 5.31. The van der Waals surface area contributed by atoms with Crippen molar-refractivity contribution in [2.45, 2.75) is 13.3 Å². The molecule has 6 heteroatoms. The summed E-state index contributed by atoms with van der Waals surface area (Å²) in [5, 5.41) is 0.531. The van der Waals surface area contributed by atoms with Crippen LogP contribution in [0.3, 0.4) is 0 Å². The van der Waals surface area contributed by atoms with E-state index in [4.69, 9.17) is 4.42 Å². The number of rotatable bonds is 3. The first-order valence-electron chi connectivity index (χ1n) is 7.64. The Hall–Kier alpha value is -3.28. The predicted molar refractivity (Wildman–Crippen MR) is 90.0 cm³/mol. The Labute approximate surface area is 137 Å². The molecule has 3 aromatic heterocycles. The number of pyridine rings is 1. The molecule has 6 nitrogen and oxygen atoms in total. The number of fused-ring (bicyclic) bond motifs is 1. The van der Waals surface area contributed by atoms with Gasteiger partial charge in [0.05, 0.1) is 22.9 Å². The van der Waals surface area contributed by atoms with Gasteiger partial charge in [-0.25, -0.2) is 19.7 Å². The highest BCUT2D eigenvalue weighted by atomic mass is 16.4. The lowest BCUT2D eigenvalue weighted by molar-refractivity contribution is 0.515. The van der Waals surface area contributed by atoms with Crippen molar-refractivity contribution in [1.82, 2.24) is 19.5 Å². The third-order valence-corrected chi connectivity index (χ3v) is 3.90. The van der Waals surface area contributed by atoms with Crippen LogP contribution < -0.4 is 5.63 Å². The quantitative estimate of drug-likeness (QED) is 0.580. The Morgan fingerprint density at radius 1 is 1.17 bits per heavy atom. The highest BCUT2D eigenvalue weighted by molar-refractivity contribution is 5.82. The highest BCUT2D eigenvalue weighted by Crippen LogP contribution is 2.24. The van der Waals surface area contributed by atoms with E-state index in [1.807, 2.05) is 37.3 Å². The van der Waals surface area contributed by atoms with Gasteiger partial charge in [0.2, 0.25) is 0 Å². The molecule has 0 atom stereocenters. The second kappa shape index (κ2) is 5.73. The van der Waals surface area contributed by atoms with Crippen LogP contribution >= 0.6 is 0 Å². The van der Waals surface area contributed by atoms with E-state index in [0.29, 0.717) is 16.6 Å². The van der Waals surface area contributed by atoms with Crippen molar-refractivity contribution in [3.8, 4) is 17.3 Å². The third kappa shape index (κ3) is 2.28. The van der Waals surface area contributed by atoms with Gasteiger partial charge in [-0.15, -0.1) is 0 Å². The van der Waals surface area contributed by atoms with Gasteiger partial charge < -0.3 is 8.98 Å². The summed E-state index contributed by atoms with van der Waals surface area (Å²) in [7, 11) is 0. The summed E-state index contributed by atoms with van der Waals surface area (Å²) in [6, 6.07) is 9.31. The minimum atomic E-state index is -0.394. The number of aromatic nitrogens is 4. The van der Waals surface area contributed by atoms with Gasteiger partial charge in [0.1, 0.15) is 5.69 Å². The molecule has 0 unspecified atom stereocenters. The normalized spacial score (nSPS) is 11.0. The van der Waals surface area contributed by atoms with Crippen LogP contribution in [0.15, 0.2) is 64.5 Å². The Bertz CT molecular complexity index is 1070. The molecular weight excluding hydrogens is 304 g/mol. The van der Waals surface area contributed by atoms with Crippen LogP contribution in [0.25, 0.3) is 28.2 Å². The zero-order valence-electron chi connectivity index (χ0n) is 13.0. The third-order valence-electron chi connectivity index (χ3n) is 3.90. The fourth-order valence-corrected chi connectivity index (χ4v) is 2.75. The van der Waals surface area contributed by atoms with Crippen LogP contribution in [0, 0.1) is 0 Å². The first-order chi connectivity index (χ1) is 11.8. The summed E-state index contributed by atoms with van der Waals surface area (Å²) in [5.41, 5.74) is 2.39. The minimum Gasteiger partial charge on any atom is -0.401 e. The Morgan fingerprint density at radius 3 is 2.88 bits per heavy atom. The average molecular weight is 318 g/mol. The van der Waals surface area contributed by atoms with Gasteiger partial charge in [0.25, 0.3) is 5.89 Å². The van der Waals surface area contributed by atoms with Gasteiger partial charge in [-0.1, -0.05) is 19.1 Å². The maximum Gasteiger partial charge on any atom is 0.347 e. The number of hydrogen-bond acceptors (Lipinski definition) is 5. The molecule has 0 saturated heterocycles. The van der Waals surface area contributed by atoms with Gasteiger partial charge >= 0.3 is 5.63 Å². The van der Waals surface area contributed by atoms with Gasteiger partial charge in [0, 0.05) is 18.6 Å². The molecule has 0 aliphatic carbocycles. The predicted octanol–water partition coefficient (Wildman–Crippen LogP) is 3.00. The monoisotopic (exact) mass is 318 g/mol. The fraction of sp³-hybridized carbons (Fsp3) is 0.111. The molecule has 0 N–H and O–H groups in total. The molecule has 0 bridgehead atoms. The van der Waals surface area contributed by atoms with E-state index < -0.39 is 5.63 Å². The highest BCUT2D eigenvalue weighted by Gasteiger charge is 2.15. The van der Waals surface area contributed by atoms with E-state index in [0.717, 1.165) is 17.7 Å². The zero-order chi connectivity index (χ0) is 16.5. The molecular formula is C18H14N4O2. The molecule has 0 amide bonds. The number of nitrogens with zero attached hydrogens (tertiary/aromatic N) is 4. The summed E-state index contributed by atoms with van der Waals surface area (Å²) < 4.78 is 7.30. The van der Waals surface area contributed by atoms with E-state index in [2.05, 4.69) is 15.0 Å². The van der Waals surface area contributed by atoms with Crippen molar-refractivity contribution < 1.29 is 4.42 Å². The molecule has 4 rings (SSSR count). The number of benzene rings is 1. The molecule has 0 spiro atoms. The van der Waals surface area contributed by atoms with Crippen molar-refractivity contribution in [1.29, 1.82) is 0 Å². The van der Waals surface area contributed by atoms with Gasteiger partial charge in [-0.05, 0) is 30.2 Å². The summed E-state index contributed by atoms with van der Waals surface area (Å²) in [5.74, 6) is 0.199. The van der Waals surface area contributed by atoms with E-state index in [1.165, 1.54) is 0 Å². The van der Waals surface area contributed by atoms with Crippen LogP contribution in [0.2, 0.25) is 0 Å². The second-order valence-corrected chi connectivity index (χ2v) is 5.31. The van der Waals surface area contributed by atoms with Crippen LogP contribution in [0.5, 0.6) is 0 Å². The average Bonchev–Trinajstić information content (AvgIpc) is 3.15. The Balaban J connectivity index is 1.98. The van der Waals surface area contributed by atoms with E-state index in [1.54, 1.807) is 29.5 Å². The van der Waals surface area contributed by atoms with Crippen molar-refractivity contribution in [2.75, 3.05) is 0 Å². The molecule has 0 radical (unpaired) electrons.